The van der Waals surface area contributed by atoms with E-state index in [-0.39, 0.29) is 23.5 Å². The Bertz CT molecular complexity index is 1310. The highest BCUT2D eigenvalue weighted by molar-refractivity contribution is 5.79. The molecule has 3 aromatic rings. The second kappa shape index (κ2) is 11.6. The molecular weight excluding hydrogens is 532 g/mol. The van der Waals surface area contributed by atoms with Gasteiger partial charge < -0.3 is 10.0 Å². The Kier molecular flexibility index (Phi) is 8.52. The predicted molar refractivity (Wildman–Crippen MR) is 142 cm³/mol. The minimum Gasteiger partial charge on any atom is -0.481 e. The molecule has 3 nitrogen and oxygen atoms in total. The van der Waals surface area contributed by atoms with Crippen LogP contribution in [0.3, 0.4) is 0 Å². The first kappa shape index (κ1) is 29.5. The number of piperidine rings is 1. The molecule has 1 fully saturated rings. The van der Waals surface area contributed by atoms with Gasteiger partial charge in [-0.3, -0.25) is 4.79 Å². The highest BCUT2D eigenvalue weighted by atomic mass is 19.4. The number of hydrogen-bond donors (Lipinski definition) is 1. The van der Waals surface area contributed by atoms with Crippen molar-refractivity contribution in [3.63, 3.8) is 0 Å². The van der Waals surface area contributed by atoms with Crippen LogP contribution in [-0.2, 0) is 17.1 Å². The van der Waals surface area contributed by atoms with Crippen LogP contribution in [0.1, 0.15) is 67.2 Å². The number of halogens is 6. The third-order valence-electron chi connectivity index (χ3n) is 7.47. The minimum absolute atomic E-state index is 0.0580. The zero-order valence-corrected chi connectivity index (χ0v) is 22.2. The third kappa shape index (κ3) is 6.62. The van der Waals surface area contributed by atoms with Gasteiger partial charge in [-0.2, -0.15) is 26.3 Å². The molecule has 0 bridgehead atoms. The molecule has 0 saturated carbocycles. The molecule has 214 valence electrons. The van der Waals surface area contributed by atoms with Gasteiger partial charge in [-0.25, -0.2) is 0 Å². The molecule has 1 unspecified atom stereocenters. The highest BCUT2D eigenvalue weighted by Gasteiger charge is 2.42. The molecule has 1 aliphatic heterocycles. The molecule has 0 radical (unpaired) electrons. The monoisotopic (exact) mass is 563 g/mol. The average molecular weight is 564 g/mol. The van der Waals surface area contributed by atoms with Crippen LogP contribution in [0.5, 0.6) is 0 Å². The van der Waals surface area contributed by atoms with Crippen LogP contribution in [0, 0.1) is 5.92 Å². The summed E-state index contributed by atoms with van der Waals surface area (Å²) in [5.41, 5.74) is -0.00701. The zero-order valence-electron chi connectivity index (χ0n) is 22.2. The molecule has 1 N–H and O–H groups in total. The normalized spacial score (nSPS) is 15.9. The fraction of sp³-hybridized carbons (Fsp3) is 0.387. The lowest BCUT2D eigenvalue weighted by Gasteiger charge is -2.36. The molecule has 9 heteroatoms. The second-order valence-electron chi connectivity index (χ2n) is 10.7. The van der Waals surface area contributed by atoms with E-state index in [0.29, 0.717) is 42.7 Å². The molecule has 40 heavy (non-hydrogen) atoms. The summed E-state index contributed by atoms with van der Waals surface area (Å²) < 4.78 is 83.1. The Balaban J connectivity index is 1.75. The fourth-order valence-electron chi connectivity index (χ4n) is 5.55. The number of nitrogens with zero attached hydrogens (tertiary/aromatic N) is 1. The van der Waals surface area contributed by atoms with Crippen molar-refractivity contribution < 1.29 is 36.2 Å². The Morgan fingerprint density at radius 3 is 1.98 bits per heavy atom. The zero-order chi connectivity index (χ0) is 29.2. The number of hydrogen-bond acceptors (Lipinski definition) is 2. The van der Waals surface area contributed by atoms with E-state index < -0.39 is 41.3 Å². The lowest BCUT2D eigenvalue weighted by molar-refractivity contribution is -0.142. The fourth-order valence-corrected chi connectivity index (χ4v) is 5.55. The van der Waals surface area contributed by atoms with Crippen LogP contribution < -0.4 is 4.90 Å². The van der Waals surface area contributed by atoms with E-state index in [1.54, 1.807) is 44.2 Å². The van der Waals surface area contributed by atoms with Gasteiger partial charge in [0.05, 0.1) is 17.0 Å². The molecule has 0 aliphatic carbocycles. The van der Waals surface area contributed by atoms with Gasteiger partial charge >= 0.3 is 18.3 Å². The quantitative estimate of drug-likeness (QED) is 0.292. The lowest BCUT2D eigenvalue weighted by Crippen LogP contribution is -2.34. The maximum absolute atomic E-state index is 14.7. The smallest absolute Gasteiger partial charge is 0.416 e. The number of alkyl halides is 6. The van der Waals surface area contributed by atoms with Crippen molar-refractivity contribution in [3.8, 4) is 11.1 Å². The van der Waals surface area contributed by atoms with Crippen molar-refractivity contribution in [2.24, 2.45) is 5.92 Å². The summed E-state index contributed by atoms with van der Waals surface area (Å²) in [6.45, 7) is 4.27. The Morgan fingerprint density at radius 2 is 1.48 bits per heavy atom. The molecule has 1 atom stereocenters. The van der Waals surface area contributed by atoms with Gasteiger partial charge in [0.25, 0.3) is 0 Å². The molecule has 0 amide bonds. The van der Waals surface area contributed by atoms with Crippen molar-refractivity contribution >= 4 is 11.7 Å². The van der Waals surface area contributed by atoms with Crippen LogP contribution in [0.2, 0.25) is 0 Å². The summed E-state index contributed by atoms with van der Waals surface area (Å²) >= 11 is 0. The van der Waals surface area contributed by atoms with E-state index in [9.17, 15) is 36.2 Å². The van der Waals surface area contributed by atoms with Crippen LogP contribution in [-0.4, -0.2) is 24.2 Å². The molecule has 1 heterocycles. The Labute approximate surface area is 229 Å². The Morgan fingerprint density at radius 1 is 0.875 bits per heavy atom. The predicted octanol–water partition coefficient (Wildman–Crippen LogP) is 8.99. The van der Waals surface area contributed by atoms with E-state index in [0.717, 1.165) is 12.1 Å². The first-order valence-corrected chi connectivity index (χ1v) is 13.2. The van der Waals surface area contributed by atoms with E-state index in [1.807, 2.05) is 4.90 Å². The van der Waals surface area contributed by atoms with E-state index >= 15 is 0 Å². The van der Waals surface area contributed by atoms with Crippen LogP contribution in [0.4, 0.5) is 32.0 Å². The Hall–Kier alpha value is -3.49. The number of anilines is 1. The summed E-state index contributed by atoms with van der Waals surface area (Å²) in [7, 11) is 0. The van der Waals surface area contributed by atoms with E-state index in [1.165, 1.54) is 24.3 Å². The van der Waals surface area contributed by atoms with Gasteiger partial charge in [0.1, 0.15) is 0 Å². The topological polar surface area (TPSA) is 40.5 Å². The minimum atomic E-state index is -4.77. The summed E-state index contributed by atoms with van der Waals surface area (Å²) in [5, 5.41) is 10.0. The molecule has 0 aromatic heterocycles. The van der Waals surface area contributed by atoms with Crippen LogP contribution in [0.15, 0.2) is 66.7 Å². The van der Waals surface area contributed by atoms with Gasteiger partial charge in [-0.1, -0.05) is 50.2 Å². The number of rotatable bonds is 7. The maximum Gasteiger partial charge on any atom is 0.416 e. The molecule has 0 spiro atoms. The molecule has 3 aromatic carbocycles. The molecule has 1 saturated heterocycles. The van der Waals surface area contributed by atoms with Crippen molar-refractivity contribution in [2.45, 2.75) is 57.3 Å². The summed E-state index contributed by atoms with van der Waals surface area (Å²) in [5.74, 6) is -3.27. The third-order valence-corrected chi connectivity index (χ3v) is 7.47. The first-order valence-electron chi connectivity index (χ1n) is 13.2. The summed E-state index contributed by atoms with van der Waals surface area (Å²) in [6, 6.07) is 16.6. The van der Waals surface area contributed by atoms with Crippen molar-refractivity contribution in [1.82, 2.24) is 0 Å². The standard InChI is InChI=1S/C31H31F6NO2/c1-19(2)16-27(29(39)40)26-18-22(20-6-4-3-5-7-20)17-25(28(26)31(35,36)37)21-12-14-38(15-13-21)24-10-8-23(9-11-24)30(32,33)34/h3-11,17-19,21,27H,12-16H2,1-2H3,(H,39,40). The first-order chi connectivity index (χ1) is 18.8. The summed E-state index contributed by atoms with van der Waals surface area (Å²) in [6.07, 6.45) is -8.49. The molecule has 4 rings (SSSR count). The van der Waals surface area contributed by atoms with Gasteiger partial charge in [0, 0.05) is 18.8 Å². The van der Waals surface area contributed by atoms with Crippen LogP contribution in [0.25, 0.3) is 11.1 Å². The second-order valence-corrected chi connectivity index (χ2v) is 10.7. The summed E-state index contributed by atoms with van der Waals surface area (Å²) in [4.78, 5) is 14.2. The van der Waals surface area contributed by atoms with Gasteiger partial charge in [0.2, 0.25) is 0 Å². The molecule has 1 aliphatic rings. The largest absolute Gasteiger partial charge is 0.481 e. The van der Waals surface area contributed by atoms with E-state index in [2.05, 4.69) is 0 Å². The average Bonchev–Trinajstić information content (AvgIpc) is 2.90. The number of benzene rings is 3. The van der Waals surface area contributed by atoms with Gasteiger partial charge in [0.15, 0.2) is 0 Å². The number of carboxylic acids is 1. The SMILES string of the molecule is CC(C)CC(C(=O)O)c1cc(-c2ccccc2)cc(C2CCN(c3ccc(C(F)(F)F)cc3)CC2)c1C(F)(F)F. The number of aliphatic carboxylic acids is 1. The number of carbonyl (C=O) groups is 1. The van der Waals surface area contributed by atoms with Crippen molar-refractivity contribution in [2.75, 3.05) is 18.0 Å². The lowest BCUT2D eigenvalue weighted by atomic mass is 9.78. The van der Waals surface area contributed by atoms with E-state index in [4.69, 9.17) is 0 Å². The van der Waals surface area contributed by atoms with Gasteiger partial charge in [-0.15, -0.1) is 0 Å². The molecular formula is C31H31F6NO2. The van der Waals surface area contributed by atoms with Crippen LogP contribution >= 0.6 is 0 Å². The highest BCUT2D eigenvalue weighted by Crippen LogP contribution is 2.46. The van der Waals surface area contributed by atoms with Crippen molar-refractivity contribution in [3.05, 3.63) is 89.0 Å². The maximum atomic E-state index is 14.7. The number of carboxylic acid groups (broad SMARTS) is 1. The van der Waals surface area contributed by atoms with Gasteiger partial charge in [-0.05, 0) is 83.7 Å². The van der Waals surface area contributed by atoms with Crippen molar-refractivity contribution in [1.29, 1.82) is 0 Å².